The zero-order chi connectivity index (χ0) is 11.0. The molecule has 1 amide bonds. The van der Waals surface area contributed by atoms with E-state index in [2.05, 4.69) is 5.32 Å². The molecule has 0 fully saturated rings. The maximum Gasteiger partial charge on any atom is 0.303 e. The van der Waals surface area contributed by atoms with E-state index in [9.17, 15) is 9.59 Å². The summed E-state index contributed by atoms with van der Waals surface area (Å²) in [5, 5.41) is 19.7. The fourth-order valence-electron chi connectivity index (χ4n) is 0.977. The summed E-state index contributed by atoms with van der Waals surface area (Å²) in [4.78, 5) is 21.3. The minimum atomic E-state index is -0.896. The largest absolute Gasteiger partial charge is 0.481 e. The molecular formula is C9H17NO4. The van der Waals surface area contributed by atoms with Crippen LogP contribution in [0.5, 0.6) is 0 Å². The van der Waals surface area contributed by atoms with Crippen LogP contribution in [0.25, 0.3) is 0 Å². The standard InChI is InChI=1S/C9H17NO4/c1-2-7(6-11)10-8(12)4-3-5-9(13)14/h7,11H,2-6H2,1H3,(H,10,12)(H,13,14). The third-order valence-electron chi connectivity index (χ3n) is 1.87. The Morgan fingerprint density at radius 2 is 2.00 bits per heavy atom. The van der Waals surface area contributed by atoms with Gasteiger partial charge in [0.05, 0.1) is 12.6 Å². The third kappa shape index (κ3) is 6.42. The molecule has 0 aromatic heterocycles. The van der Waals surface area contributed by atoms with Crippen LogP contribution >= 0.6 is 0 Å². The summed E-state index contributed by atoms with van der Waals surface area (Å²) in [5.74, 6) is -1.10. The number of amides is 1. The highest BCUT2D eigenvalue weighted by Gasteiger charge is 2.09. The molecule has 5 nitrogen and oxygen atoms in total. The first-order chi connectivity index (χ1) is 6.60. The Kier molecular flexibility index (Phi) is 6.74. The molecule has 0 aliphatic rings. The van der Waals surface area contributed by atoms with Gasteiger partial charge in [0.15, 0.2) is 0 Å². The molecule has 0 aromatic rings. The van der Waals surface area contributed by atoms with Gasteiger partial charge < -0.3 is 15.5 Å². The van der Waals surface area contributed by atoms with Gasteiger partial charge >= 0.3 is 5.97 Å². The molecule has 0 spiro atoms. The first-order valence-corrected chi connectivity index (χ1v) is 4.72. The van der Waals surface area contributed by atoms with Gasteiger partial charge in [0.25, 0.3) is 0 Å². The van der Waals surface area contributed by atoms with Crippen LogP contribution in [0.4, 0.5) is 0 Å². The molecule has 1 unspecified atom stereocenters. The summed E-state index contributed by atoms with van der Waals surface area (Å²) in [7, 11) is 0. The molecule has 3 N–H and O–H groups in total. The van der Waals surface area contributed by atoms with Crippen molar-refractivity contribution in [3.05, 3.63) is 0 Å². The molecule has 14 heavy (non-hydrogen) atoms. The number of rotatable bonds is 7. The van der Waals surface area contributed by atoms with Crippen LogP contribution in [0.1, 0.15) is 32.6 Å². The highest BCUT2D eigenvalue weighted by molar-refractivity contribution is 5.77. The fourth-order valence-corrected chi connectivity index (χ4v) is 0.977. The highest BCUT2D eigenvalue weighted by Crippen LogP contribution is 1.97. The number of carboxylic acid groups (broad SMARTS) is 1. The van der Waals surface area contributed by atoms with E-state index in [1.165, 1.54) is 0 Å². The van der Waals surface area contributed by atoms with Gasteiger partial charge in [-0.25, -0.2) is 0 Å². The van der Waals surface area contributed by atoms with E-state index in [4.69, 9.17) is 10.2 Å². The van der Waals surface area contributed by atoms with Crippen molar-refractivity contribution in [3.8, 4) is 0 Å². The lowest BCUT2D eigenvalue weighted by Gasteiger charge is -2.13. The second kappa shape index (κ2) is 7.32. The Morgan fingerprint density at radius 3 is 2.43 bits per heavy atom. The van der Waals surface area contributed by atoms with Crippen LogP contribution in [0.2, 0.25) is 0 Å². The first kappa shape index (κ1) is 12.9. The Balaban J connectivity index is 3.59. The molecule has 0 saturated carbocycles. The third-order valence-corrected chi connectivity index (χ3v) is 1.87. The topological polar surface area (TPSA) is 86.6 Å². The lowest BCUT2D eigenvalue weighted by atomic mass is 10.2. The first-order valence-electron chi connectivity index (χ1n) is 4.72. The minimum Gasteiger partial charge on any atom is -0.481 e. The number of aliphatic carboxylic acids is 1. The summed E-state index contributed by atoms with van der Waals surface area (Å²) in [6, 6.07) is -0.215. The van der Waals surface area contributed by atoms with Crippen LogP contribution in [-0.2, 0) is 9.59 Å². The molecule has 0 aliphatic carbocycles. The summed E-state index contributed by atoms with van der Waals surface area (Å²) in [6.45, 7) is 1.78. The van der Waals surface area contributed by atoms with Crippen LogP contribution in [0.3, 0.4) is 0 Å². The van der Waals surface area contributed by atoms with Crippen molar-refractivity contribution < 1.29 is 19.8 Å². The SMILES string of the molecule is CCC(CO)NC(=O)CCCC(=O)O. The van der Waals surface area contributed by atoms with Crippen molar-refractivity contribution in [2.45, 2.75) is 38.6 Å². The number of hydrogen-bond acceptors (Lipinski definition) is 3. The molecule has 0 aromatic carbocycles. The summed E-state index contributed by atoms with van der Waals surface area (Å²) in [5.41, 5.74) is 0. The van der Waals surface area contributed by atoms with E-state index in [-0.39, 0.29) is 31.4 Å². The van der Waals surface area contributed by atoms with Crippen LogP contribution in [0, 0.1) is 0 Å². The van der Waals surface area contributed by atoms with Crippen LogP contribution in [-0.4, -0.2) is 34.7 Å². The zero-order valence-corrected chi connectivity index (χ0v) is 8.32. The second-order valence-electron chi connectivity index (χ2n) is 3.10. The average molecular weight is 203 g/mol. The Morgan fingerprint density at radius 1 is 1.36 bits per heavy atom. The number of nitrogens with one attached hydrogen (secondary N) is 1. The zero-order valence-electron chi connectivity index (χ0n) is 8.32. The summed E-state index contributed by atoms with van der Waals surface area (Å²) < 4.78 is 0. The van der Waals surface area contributed by atoms with E-state index in [0.717, 1.165) is 0 Å². The van der Waals surface area contributed by atoms with Crippen molar-refractivity contribution in [3.63, 3.8) is 0 Å². The molecule has 1 atom stereocenters. The molecule has 0 aliphatic heterocycles. The van der Waals surface area contributed by atoms with Gasteiger partial charge in [-0.2, -0.15) is 0 Å². The van der Waals surface area contributed by atoms with E-state index >= 15 is 0 Å². The van der Waals surface area contributed by atoms with E-state index < -0.39 is 5.97 Å². The summed E-state index contributed by atoms with van der Waals surface area (Å²) >= 11 is 0. The van der Waals surface area contributed by atoms with Crippen molar-refractivity contribution >= 4 is 11.9 Å². The van der Waals surface area contributed by atoms with E-state index in [1.807, 2.05) is 6.92 Å². The predicted octanol–water partition coefficient (Wildman–Crippen LogP) is 0.128. The number of carbonyl (C=O) groups is 2. The molecule has 0 heterocycles. The quantitative estimate of drug-likeness (QED) is 0.549. The minimum absolute atomic E-state index is 0.00331. The lowest BCUT2D eigenvalue weighted by molar-refractivity contribution is -0.137. The molecule has 5 heteroatoms. The van der Waals surface area contributed by atoms with Crippen molar-refractivity contribution in [1.29, 1.82) is 0 Å². The molecule has 82 valence electrons. The van der Waals surface area contributed by atoms with Gasteiger partial charge in [0.1, 0.15) is 0 Å². The van der Waals surface area contributed by atoms with Crippen molar-refractivity contribution in [1.82, 2.24) is 5.32 Å². The normalized spacial score (nSPS) is 12.1. The fraction of sp³-hybridized carbons (Fsp3) is 0.778. The smallest absolute Gasteiger partial charge is 0.303 e. The molecular weight excluding hydrogens is 186 g/mol. The van der Waals surface area contributed by atoms with Gasteiger partial charge in [-0.1, -0.05) is 6.92 Å². The maximum absolute atomic E-state index is 11.1. The van der Waals surface area contributed by atoms with Crippen molar-refractivity contribution in [2.75, 3.05) is 6.61 Å². The second-order valence-corrected chi connectivity index (χ2v) is 3.10. The Hall–Kier alpha value is -1.10. The molecule has 0 bridgehead atoms. The monoisotopic (exact) mass is 203 g/mol. The molecule has 0 rings (SSSR count). The number of carbonyl (C=O) groups excluding carboxylic acids is 1. The number of aliphatic hydroxyl groups is 1. The van der Waals surface area contributed by atoms with Crippen LogP contribution in [0.15, 0.2) is 0 Å². The highest BCUT2D eigenvalue weighted by atomic mass is 16.4. The number of aliphatic hydroxyl groups excluding tert-OH is 1. The van der Waals surface area contributed by atoms with Gasteiger partial charge in [-0.15, -0.1) is 0 Å². The van der Waals surface area contributed by atoms with Crippen LogP contribution < -0.4 is 5.32 Å². The van der Waals surface area contributed by atoms with E-state index in [1.54, 1.807) is 0 Å². The average Bonchev–Trinajstić information content (AvgIpc) is 2.13. The lowest BCUT2D eigenvalue weighted by Crippen LogP contribution is -2.36. The molecule has 0 saturated heterocycles. The van der Waals surface area contributed by atoms with Gasteiger partial charge in [0.2, 0.25) is 5.91 Å². The Bertz CT molecular complexity index is 189. The summed E-state index contributed by atoms with van der Waals surface area (Å²) in [6.07, 6.45) is 1.20. The molecule has 0 radical (unpaired) electrons. The Labute approximate surface area is 83.1 Å². The van der Waals surface area contributed by atoms with E-state index in [0.29, 0.717) is 12.8 Å². The predicted molar refractivity (Wildman–Crippen MR) is 50.8 cm³/mol. The van der Waals surface area contributed by atoms with Gasteiger partial charge in [0, 0.05) is 12.8 Å². The number of carboxylic acids is 1. The van der Waals surface area contributed by atoms with Crippen molar-refractivity contribution in [2.24, 2.45) is 0 Å². The van der Waals surface area contributed by atoms with Gasteiger partial charge in [-0.05, 0) is 12.8 Å². The maximum atomic E-state index is 11.1. The number of hydrogen-bond donors (Lipinski definition) is 3. The van der Waals surface area contributed by atoms with Gasteiger partial charge in [-0.3, -0.25) is 9.59 Å².